The fourth-order valence-corrected chi connectivity index (χ4v) is 1.90. The topological polar surface area (TPSA) is 20.2 Å². The minimum Gasteiger partial charge on any atom is -0.393 e. The van der Waals surface area contributed by atoms with Crippen LogP contribution in [0.15, 0.2) is 30.3 Å². The zero-order valence-corrected chi connectivity index (χ0v) is 8.57. The van der Waals surface area contributed by atoms with Crippen LogP contribution < -0.4 is 0 Å². The second-order valence-electron chi connectivity index (χ2n) is 3.92. The predicted octanol–water partition coefficient (Wildman–Crippen LogP) is 2.81. The van der Waals surface area contributed by atoms with Gasteiger partial charge in [-0.25, -0.2) is 0 Å². The van der Waals surface area contributed by atoms with Crippen molar-refractivity contribution in [1.29, 1.82) is 0 Å². The van der Waals surface area contributed by atoms with E-state index in [2.05, 4.69) is 26.0 Å². The Labute approximate surface area is 80.4 Å². The summed E-state index contributed by atoms with van der Waals surface area (Å²) < 4.78 is 0. The zero-order chi connectivity index (χ0) is 9.84. The fraction of sp³-hybridized carbons (Fsp3) is 0.500. The highest BCUT2D eigenvalue weighted by molar-refractivity contribution is 5.20. The van der Waals surface area contributed by atoms with Crippen LogP contribution in [-0.4, -0.2) is 11.2 Å². The summed E-state index contributed by atoms with van der Waals surface area (Å²) >= 11 is 0. The predicted molar refractivity (Wildman–Crippen MR) is 55.7 cm³/mol. The van der Waals surface area contributed by atoms with Gasteiger partial charge in [-0.05, 0) is 18.4 Å². The summed E-state index contributed by atoms with van der Waals surface area (Å²) in [4.78, 5) is 0. The first kappa shape index (κ1) is 10.3. The molecule has 0 aliphatic carbocycles. The van der Waals surface area contributed by atoms with Crippen molar-refractivity contribution in [3.05, 3.63) is 35.9 Å². The molecular weight excluding hydrogens is 160 g/mol. The minimum absolute atomic E-state index is 0.251. The second kappa shape index (κ2) is 4.43. The van der Waals surface area contributed by atoms with E-state index in [1.54, 1.807) is 0 Å². The van der Waals surface area contributed by atoms with E-state index >= 15 is 0 Å². The maximum absolute atomic E-state index is 9.64. The summed E-state index contributed by atoms with van der Waals surface area (Å²) in [5.41, 5.74) is 1.23. The Morgan fingerprint density at radius 3 is 1.92 bits per heavy atom. The molecule has 1 rings (SSSR count). The molecule has 0 amide bonds. The highest BCUT2D eigenvalue weighted by Crippen LogP contribution is 2.27. The van der Waals surface area contributed by atoms with Crippen LogP contribution in [0.3, 0.4) is 0 Å². The molecule has 0 aliphatic heterocycles. The first-order chi connectivity index (χ1) is 6.13. The lowest BCUT2D eigenvalue weighted by molar-refractivity contribution is 0.140. The molecule has 72 valence electrons. The van der Waals surface area contributed by atoms with Gasteiger partial charge in [0.05, 0.1) is 6.10 Å². The summed E-state index contributed by atoms with van der Waals surface area (Å²) in [7, 11) is 0. The van der Waals surface area contributed by atoms with Crippen LogP contribution in [0.4, 0.5) is 0 Å². The molecule has 1 heteroatoms. The third-order valence-corrected chi connectivity index (χ3v) is 2.42. The molecule has 0 aliphatic rings. The number of aliphatic hydroxyl groups is 1. The molecule has 1 aromatic rings. The van der Waals surface area contributed by atoms with E-state index < -0.39 is 0 Å². The SMILES string of the molecule is CC(C)[C@@H](c1ccccc1)C(C)O. The molecule has 0 radical (unpaired) electrons. The first-order valence-corrected chi connectivity index (χ1v) is 4.86. The van der Waals surface area contributed by atoms with E-state index in [1.807, 2.05) is 25.1 Å². The van der Waals surface area contributed by atoms with Crippen molar-refractivity contribution in [1.82, 2.24) is 0 Å². The molecule has 1 unspecified atom stereocenters. The molecule has 2 atom stereocenters. The highest BCUT2D eigenvalue weighted by Gasteiger charge is 2.20. The summed E-state index contributed by atoms with van der Waals surface area (Å²) in [6.07, 6.45) is -0.276. The maximum Gasteiger partial charge on any atom is 0.0583 e. The lowest BCUT2D eigenvalue weighted by Gasteiger charge is -2.24. The Morgan fingerprint density at radius 1 is 1.00 bits per heavy atom. The average molecular weight is 178 g/mol. The molecule has 0 heterocycles. The van der Waals surface area contributed by atoms with Crippen LogP contribution in [0, 0.1) is 5.92 Å². The molecule has 0 saturated heterocycles. The van der Waals surface area contributed by atoms with Crippen LogP contribution >= 0.6 is 0 Å². The van der Waals surface area contributed by atoms with E-state index in [0.717, 1.165) is 0 Å². The Bertz CT molecular complexity index is 231. The van der Waals surface area contributed by atoms with Crippen LogP contribution in [-0.2, 0) is 0 Å². The van der Waals surface area contributed by atoms with Gasteiger partial charge in [0.15, 0.2) is 0 Å². The van der Waals surface area contributed by atoms with Gasteiger partial charge in [-0.2, -0.15) is 0 Å². The largest absolute Gasteiger partial charge is 0.393 e. The van der Waals surface area contributed by atoms with Gasteiger partial charge in [-0.3, -0.25) is 0 Å². The van der Waals surface area contributed by atoms with Gasteiger partial charge in [-0.15, -0.1) is 0 Å². The van der Waals surface area contributed by atoms with E-state index in [9.17, 15) is 5.11 Å². The second-order valence-corrected chi connectivity index (χ2v) is 3.92. The van der Waals surface area contributed by atoms with Crippen LogP contribution in [0.1, 0.15) is 32.3 Å². The Morgan fingerprint density at radius 2 is 1.54 bits per heavy atom. The van der Waals surface area contributed by atoms with Gasteiger partial charge in [0.2, 0.25) is 0 Å². The molecule has 1 N–H and O–H groups in total. The standard InChI is InChI=1S/C12H18O/c1-9(2)12(10(3)13)11-7-5-4-6-8-11/h4-10,12-13H,1-3H3/t10?,12-/m1/s1. The number of benzene rings is 1. The van der Waals surface area contributed by atoms with E-state index in [4.69, 9.17) is 0 Å². The van der Waals surface area contributed by atoms with Crippen molar-refractivity contribution in [3.63, 3.8) is 0 Å². The van der Waals surface area contributed by atoms with Gasteiger partial charge >= 0.3 is 0 Å². The average Bonchev–Trinajstić information content (AvgIpc) is 2.04. The number of rotatable bonds is 3. The molecule has 0 bridgehead atoms. The molecule has 1 nitrogen and oxygen atoms in total. The molecule has 0 fully saturated rings. The third-order valence-electron chi connectivity index (χ3n) is 2.42. The lowest BCUT2D eigenvalue weighted by atomic mass is 9.85. The van der Waals surface area contributed by atoms with E-state index in [-0.39, 0.29) is 12.0 Å². The van der Waals surface area contributed by atoms with Crippen molar-refractivity contribution in [2.75, 3.05) is 0 Å². The van der Waals surface area contributed by atoms with Crippen LogP contribution in [0.2, 0.25) is 0 Å². The molecule has 0 spiro atoms. The van der Waals surface area contributed by atoms with Gasteiger partial charge in [0, 0.05) is 5.92 Å². The van der Waals surface area contributed by atoms with Crippen molar-refractivity contribution < 1.29 is 5.11 Å². The summed E-state index contributed by atoms with van der Waals surface area (Å²) in [5.74, 6) is 0.726. The number of hydrogen-bond donors (Lipinski definition) is 1. The molecule has 0 aromatic heterocycles. The van der Waals surface area contributed by atoms with Crippen molar-refractivity contribution in [2.45, 2.75) is 32.8 Å². The van der Waals surface area contributed by atoms with Crippen molar-refractivity contribution >= 4 is 0 Å². The Hall–Kier alpha value is -0.820. The normalized spacial score (nSPS) is 15.8. The van der Waals surface area contributed by atoms with Crippen LogP contribution in [0.25, 0.3) is 0 Å². The van der Waals surface area contributed by atoms with E-state index in [0.29, 0.717) is 5.92 Å². The van der Waals surface area contributed by atoms with Crippen molar-refractivity contribution in [2.24, 2.45) is 5.92 Å². The Balaban J connectivity index is 2.89. The summed E-state index contributed by atoms with van der Waals surface area (Å²) in [6.45, 7) is 6.15. The molecule has 1 aromatic carbocycles. The lowest BCUT2D eigenvalue weighted by Crippen LogP contribution is -2.19. The van der Waals surface area contributed by atoms with Gasteiger partial charge in [0.1, 0.15) is 0 Å². The molecule has 13 heavy (non-hydrogen) atoms. The molecular formula is C12H18O. The van der Waals surface area contributed by atoms with Crippen molar-refractivity contribution in [3.8, 4) is 0 Å². The van der Waals surface area contributed by atoms with Gasteiger partial charge in [-0.1, -0.05) is 44.2 Å². The number of aliphatic hydroxyl groups excluding tert-OH is 1. The third kappa shape index (κ3) is 2.56. The zero-order valence-electron chi connectivity index (χ0n) is 8.57. The number of hydrogen-bond acceptors (Lipinski definition) is 1. The molecule has 0 saturated carbocycles. The summed E-state index contributed by atoms with van der Waals surface area (Å²) in [6, 6.07) is 10.2. The highest BCUT2D eigenvalue weighted by atomic mass is 16.3. The van der Waals surface area contributed by atoms with Gasteiger partial charge < -0.3 is 5.11 Å². The Kier molecular flexibility index (Phi) is 3.49. The smallest absolute Gasteiger partial charge is 0.0583 e. The fourth-order valence-electron chi connectivity index (χ4n) is 1.90. The minimum atomic E-state index is -0.276. The van der Waals surface area contributed by atoms with E-state index in [1.165, 1.54) is 5.56 Å². The quantitative estimate of drug-likeness (QED) is 0.754. The van der Waals surface area contributed by atoms with Crippen LogP contribution in [0.5, 0.6) is 0 Å². The maximum atomic E-state index is 9.64. The first-order valence-electron chi connectivity index (χ1n) is 4.86. The summed E-state index contributed by atoms with van der Waals surface area (Å²) in [5, 5.41) is 9.64. The monoisotopic (exact) mass is 178 g/mol. The van der Waals surface area contributed by atoms with Gasteiger partial charge in [0.25, 0.3) is 0 Å².